The maximum absolute atomic E-state index is 4.35. The topological polar surface area (TPSA) is 47.7 Å². The van der Waals surface area contributed by atoms with Crippen molar-refractivity contribution in [2.24, 2.45) is 13.0 Å². The zero-order valence-electron chi connectivity index (χ0n) is 11.9. The molecule has 2 heterocycles. The van der Waals surface area contributed by atoms with E-state index in [1.165, 1.54) is 5.69 Å². The third-order valence-electron chi connectivity index (χ3n) is 3.04. The second-order valence-electron chi connectivity index (χ2n) is 5.02. The van der Waals surface area contributed by atoms with Gasteiger partial charge >= 0.3 is 0 Å². The number of rotatable bonds is 5. The van der Waals surface area contributed by atoms with E-state index in [1.807, 2.05) is 24.1 Å². The number of nitrogens with zero attached hydrogens (tertiary/aromatic N) is 4. The van der Waals surface area contributed by atoms with Crippen LogP contribution in [0.5, 0.6) is 0 Å². The quantitative estimate of drug-likeness (QED) is 0.918. The van der Waals surface area contributed by atoms with Gasteiger partial charge in [-0.15, -0.1) is 12.4 Å². The second-order valence-corrected chi connectivity index (χ2v) is 5.02. The SMILES string of the molecule is Cc1c(NCc2ccnn2CC(C)C)cnn1C.Cl. The van der Waals surface area contributed by atoms with E-state index in [0.717, 1.165) is 24.5 Å². The molecule has 0 aliphatic heterocycles. The van der Waals surface area contributed by atoms with Crippen molar-refractivity contribution in [2.45, 2.75) is 33.9 Å². The summed E-state index contributed by atoms with van der Waals surface area (Å²) < 4.78 is 3.93. The Labute approximate surface area is 120 Å². The van der Waals surface area contributed by atoms with E-state index in [-0.39, 0.29) is 12.4 Å². The second kappa shape index (κ2) is 6.61. The fourth-order valence-corrected chi connectivity index (χ4v) is 1.88. The van der Waals surface area contributed by atoms with Crippen molar-refractivity contribution in [3.63, 3.8) is 0 Å². The van der Waals surface area contributed by atoms with Crippen LogP contribution in [0.1, 0.15) is 25.2 Å². The zero-order valence-corrected chi connectivity index (χ0v) is 12.7. The molecule has 0 amide bonds. The van der Waals surface area contributed by atoms with E-state index in [1.54, 1.807) is 0 Å². The molecule has 0 saturated carbocycles. The van der Waals surface area contributed by atoms with Crippen molar-refractivity contribution in [1.82, 2.24) is 19.6 Å². The van der Waals surface area contributed by atoms with Crippen LogP contribution in [0.15, 0.2) is 18.5 Å². The average Bonchev–Trinajstić information content (AvgIpc) is 2.86. The average molecular weight is 284 g/mol. The molecule has 2 rings (SSSR count). The number of nitrogens with one attached hydrogen (secondary N) is 1. The minimum atomic E-state index is 0. The van der Waals surface area contributed by atoms with Crippen LogP contribution in [-0.4, -0.2) is 19.6 Å². The molecular formula is C13H22ClN5. The highest BCUT2D eigenvalue weighted by Crippen LogP contribution is 2.14. The van der Waals surface area contributed by atoms with E-state index < -0.39 is 0 Å². The van der Waals surface area contributed by atoms with Gasteiger partial charge in [0.1, 0.15) is 0 Å². The van der Waals surface area contributed by atoms with E-state index in [4.69, 9.17) is 0 Å². The summed E-state index contributed by atoms with van der Waals surface area (Å²) in [5.74, 6) is 0.601. The van der Waals surface area contributed by atoms with Crippen LogP contribution in [0.2, 0.25) is 0 Å². The van der Waals surface area contributed by atoms with Gasteiger partial charge in [0.15, 0.2) is 0 Å². The van der Waals surface area contributed by atoms with Gasteiger partial charge in [0.25, 0.3) is 0 Å². The van der Waals surface area contributed by atoms with Crippen molar-refractivity contribution in [3.05, 3.63) is 29.8 Å². The van der Waals surface area contributed by atoms with E-state index >= 15 is 0 Å². The molecule has 5 nitrogen and oxygen atoms in total. The molecule has 0 atom stereocenters. The third kappa shape index (κ3) is 3.73. The number of aromatic nitrogens is 4. The highest BCUT2D eigenvalue weighted by molar-refractivity contribution is 5.85. The Kier molecular flexibility index (Phi) is 5.42. The van der Waals surface area contributed by atoms with Crippen molar-refractivity contribution < 1.29 is 0 Å². The molecular weight excluding hydrogens is 262 g/mol. The summed E-state index contributed by atoms with van der Waals surface area (Å²) in [4.78, 5) is 0. The molecule has 0 radical (unpaired) electrons. The number of halogens is 1. The fourth-order valence-electron chi connectivity index (χ4n) is 1.88. The Morgan fingerprint density at radius 3 is 2.63 bits per heavy atom. The Morgan fingerprint density at radius 1 is 1.32 bits per heavy atom. The lowest BCUT2D eigenvalue weighted by Gasteiger charge is -2.11. The Balaban J connectivity index is 0.00000180. The first kappa shape index (κ1) is 15.6. The molecule has 0 aliphatic rings. The summed E-state index contributed by atoms with van der Waals surface area (Å²) in [6.07, 6.45) is 3.72. The lowest BCUT2D eigenvalue weighted by atomic mass is 10.2. The monoisotopic (exact) mass is 283 g/mol. The molecule has 0 unspecified atom stereocenters. The largest absolute Gasteiger partial charge is 0.377 e. The lowest BCUT2D eigenvalue weighted by molar-refractivity contribution is 0.470. The van der Waals surface area contributed by atoms with Crippen molar-refractivity contribution in [2.75, 3.05) is 5.32 Å². The summed E-state index contributed by atoms with van der Waals surface area (Å²) in [5, 5.41) is 12.0. The van der Waals surface area contributed by atoms with Crippen molar-refractivity contribution in [1.29, 1.82) is 0 Å². The normalized spacial score (nSPS) is 10.6. The highest BCUT2D eigenvalue weighted by atomic mass is 35.5. The predicted octanol–water partition coefficient (Wildman–Crippen LogP) is 2.61. The highest BCUT2D eigenvalue weighted by Gasteiger charge is 2.07. The molecule has 106 valence electrons. The predicted molar refractivity (Wildman–Crippen MR) is 79.6 cm³/mol. The van der Waals surface area contributed by atoms with Gasteiger partial charge in [-0.25, -0.2) is 0 Å². The molecule has 0 bridgehead atoms. The smallest absolute Gasteiger partial charge is 0.0759 e. The molecule has 2 aromatic rings. The molecule has 0 saturated heterocycles. The molecule has 2 aromatic heterocycles. The summed E-state index contributed by atoms with van der Waals surface area (Å²) in [7, 11) is 1.95. The number of anilines is 1. The van der Waals surface area contributed by atoms with Crippen LogP contribution < -0.4 is 5.32 Å². The summed E-state index contributed by atoms with van der Waals surface area (Å²) >= 11 is 0. The van der Waals surface area contributed by atoms with Crippen LogP contribution >= 0.6 is 12.4 Å². The molecule has 6 heteroatoms. The molecule has 19 heavy (non-hydrogen) atoms. The number of hydrogen-bond donors (Lipinski definition) is 1. The van der Waals surface area contributed by atoms with Gasteiger partial charge in [-0.3, -0.25) is 9.36 Å². The Morgan fingerprint density at radius 2 is 2.05 bits per heavy atom. The van der Waals surface area contributed by atoms with Crippen molar-refractivity contribution in [3.8, 4) is 0 Å². The molecule has 0 aliphatic carbocycles. The summed E-state index contributed by atoms with van der Waals surface area (Å²) in [6, 6.07) is 2.06. The zero-order chi connectivity index (χ0) is 13.1. The van der Waals surface area contributed by atoms with Gasteiger partial charge < -0.3 is 5.32 Å². The Hall–Kier alpha value is -1.49. The van der Waals surface area contributed by atoms with E-state index in [2.05, 4.69) is 47.0 Å². The summed E-state index contributed by atoms with van der Waals surface area (Å²) in [5.41, 5.74) is 3.42. The van der Waals surface area contributed by atoms with E-state index in [9.17, 15) is 0 Å². The van der Waals surface area contributed by atoms with Crippen LogP contribution in [0.4, 0.5) is 5.69 Å². The molecule has 1 N–H and O–H groups in total. The summed E-state index contributed by atoms with van der Waals surface area (Å²) in [6.45, 7) is 8.18. The Bertz CT molecular complexity index is 515. The fraction of sp³-hybridized carbons (Fsp3) is 0.538. The van der Waals surface area contributed by atoms with Crippen LogP contribution in [0.25, 0.3) is 0 Å². The molecule has 0 aromatic carbocycles. The van der Waals surface area contributed by atoms with Crippen LogP contribution in [0, 0.1) is 12.8 Å². The van der Waals surface area contributed by atoms with Gasteiger partial charge in [-0.2, -0.15) is 10.2 Å². The van der Waals surface area contributed by atoms with Crippen LogP contribution in [0.3, 0.4) is 0 Å². The molecule has 0 fully saturated rings. The minimum Gasteiger partial charge on any atom is -0.377 e. The standard InChI is InChI=1S/C13H21N5.ClH/c1-10(2)9-18-12(5-6-15-18)7-14-13-8-16-17(4)11(13)3;/h5-6,8,10,14H,7,9H2,1-4H3;1H. The van der Waals surface area contributed by atoms with E-state index in [0.29, 0.717) is 5.92 Å². The molecule has 0 spiro atoms. The third-order valence-corrected chi connectivity index (χ3v) is 3.04. The lowest BCUT2D eigenvalue weighted by Crippen LogP contribution is -2.12. The first-order valence-electron chi connectivity index (χ1n) is 6.31. The first-order chi connectivity index (χ1) is 8.58. The first-order valence-corrected chi connectivity index (χ1v) is 6.31. The number of aryl methyl sites for hydroxylation is 1. The van der Waals surface area contributed by atoms with Crippen LogP contribution in [-0.2, 0) is 20.1 Å². The maximum Gasteiger partial charge on any atom is 0.0759 e. The van der Waals surface area contributed by atoms with Gasteiger partial charge in [-0.05, 0) is 18.9 Å². The number of hydrogen-bond acceptors (Lipinski definition) is 3. The maximum atomic E-state index is 4.35. The van der Waals surface area contributed by atoms with Gasteiger partial charge in [0, 0.05) is 19.8 Å². The van der Waals surface area contributed by atoms with Gasteiger partial charge in [0.2, 0.25) is 0 Å². The van der Waals surface area contributed by atoms with Gasteiger partial charge in [-0.1, -0.05) is 13.8 Å². The van der Waals surface area contributed by atoms with Crippen molar-refractivity contribution >= 4 is 18.1 Å². The van der Waals surface area contributed by atoms with Gasteiger partial charge in [0.05, 0.1) is 29.8 Å². The minimum absolute atomic E-state index is 0.